The molecule has 0 aromatic carbocycles. The van der Waals surface area contributed by atoms with E-state index in [1.807, 2.05) is 4.90 Å². The lowest BCUT2D eigenvalue weighted by Crippen LogP contribution is -2.49. The third kappa shape index (κ3) is 3.55. The highest BCUT2D eigenvalue weighted by atomic mass is 16.2. The van der Waals surface area contributed by atoms with Crippen LogP contribution in [0.4, 0.5) is 10.6 Å². The maximum atomic E-state index is 12.5. The average Bonchev–Trinajstić information content (AvgIpc) is 2.75. The van der Waals surface area contributed by atoms with Crippen LogP contribution in [0.3, 0.4) is 0 Å². The number of nitrogens with zero attached hydrogens (tertiary/aromatic N) is 4. The third-order valence-corrected chi connectivity index (χ3v) is 5.27. The zero-order chi connectivity index (χ0) is 17.1. The van der Waals surface area contributed by atoms with E-state index in [1.54, 1.807) is 30.9 Å². The number of urea groups is 1. The van der Waals surface area contributed by atoms with E-state index < -0.39 is 0 Å². The summed E-state index contributed by atoms with van der Waals surface area (Å²) in [6.07, 6.45) is 7.90. The molecule has 2 fully saturated rings. The van der Waals surface area contributed by atoms with Gasteiger partial charge in [0.2, 0.25) is 5.91 Å². The zero-order valence-corrected chi connectivity index (χ0v) is 14.6. The minimum absolute atomic E-state index is 0.0859. The first-order valence-corrected chi connectivity index (χ1v) is 8.89. The monoisotopic (exact) mass is 333 g/mol. The summed E-state index contributed by atoms with van der Waals surface area (Å²) in [7, 11) is 1.80. The number of nitrogens with one attached hydrogen (secondary N) is 1. The van der Waals surface area contributed by atoms with Crippen LogP contribution in [0.25, 0.3) is 0 Å². The van der Waals surface area contributed by atoms with Gasteiger partial charge < -0.3 is 9.80 Å². The van der Waals surface area contributed by atoms with E-state index in [1.165, 1.54) is 6.42 Å². The Kier molecular flexibility index (Phi) is 5.06. The molecule has 2 heterocycles. The first kappa shape index (κ1) is 16.8. The highest BCUT2D eigenvalue weighted by Gasteiger charge is 2.33. The summed E-state index contributed by atoms with van der Waals surface area (Å²) < 4.78 is 1.65. The highest BCUT2D eigenvalue weighted by Crippen LogP contribution is 2.30. The normalized spacial score (nSPS) is 21.8. The molecular formula is C17H27N5O2. The van der Waals surface area contributed by atoms with Crippen molar-refractivity contribution in [3.63, 3.8) is 0 Å². The van der Waals surface area contributed by atoms with Crippen molar-refractivity contribution in [1.29, 1.82) is 0 Å². The summed E-state index contributed by atoms with van der Waals surface area (Å²) in [5.74, 6) is 0.873. The minimum Gasteiger partial charge on any atom is -0.337 e. The number of amides is 3. The molecule has 24 heavy (non-hydrogen) atoms. The average molecular weight is 333 g/mol. The molecule has 3 amide bonds. The van der Waals surface area contributed by atoms with Crippen LogP contribution in [0.2, 0.25) is 0 Å². The third-order valence-electron chi connectivity index (χ3n) is 5.27. The SMILES string of the molecule is CC(=O)N(C1CCC1)[C@H]1CCCN(C(=O)Nc2ccnn2C)CC1. The molecule has 7 nitrogen and oxygen atoms in total. The summed E-state index contributed by atoms with van der Waals surface area (Å²) in [5.41, 5.74) is 0. The molecule has 7 heteroatoms. The molecule has 0 radical (unpaired) electrons. The first-order chi connectivity index (χ1) is 11.6. The van der Waals surface area contributed by atoms with Gasteiger partial charge >= 0.3 is 6.03 Å². The Hall–Kier alpha value is -2.05. The second kappa shape index (κ2) is 7.23. The maximum absolute atomic E-state index is 12.5. The molecule has 3 rings (SSSR count). The number of rotatable bonds is 3. The van der Waals surface area contributed by atoms with Crippen molar-refractivity contribution in [2.75, 3.05) is 18.4 Å². The van der Waals surface area contributed by atoms with E-state index in [4.69, 9.17) is 0 Å². The van der Waals surface area contributed by atoms with Crippen molar-refractivity contribution in [3.05, 3.63) is 12.3 Å². The van der Waals surface area contributed by atoms with Crippen molar-refractivity contribution in [3.8, 4) is 0 Å². The van der Waals surface area contributed by atoms with Crippen LogP contribution in [0.5, 0.6) is 0 Å². The Bertz CT molecular complexity index is 596. The molecule has 0 bridgehead atoms. The molecule has 2 aliphatic rings. The Labute approximate surface area is 143 Å². The smallest absolute Gasteiger partial charge is 0.323 e. The van der Waals surface area contributed by atoms with E-state index in [9.17, 15) is 9.59 Å². The van der Waals surface area contributed by atoms with Gasteiger partial charge in [0.15, 0.2) is 0 Å². The number of carbonyl (C=O) groups is 2. The Morgan fingerprint density at radius 3 is 2.46 bits per heavy atom. The van der Waals surface area contributed by atoms with Gasteiger partial charge in [-0.1, -0.05) is 0 Å². The predicted octanol–water partition coefficient (Wildman–Crippen LogP) is 2.21. The molecule has 0 unspecified atom stereocenters. The molecule has 1 aliphatic heterocycles. The number of likely N-dealkylation sites (tertiary alicyclic amines) is 1. The summed E-state index contributed by atoms with van der Waals surface area (Å²) in [6.45, 7) is 3.09. The fraction of sp³-hybridized carbons (Fsp3) is 0.706. The molecule has 0 spiro atoms. The number of aromatic nitrogens is 2. The number of hydrogen-bond acceptors (Lipinski definition) is 3. The van der Waals surface area contributed by atoms with Gasteiger partial charge in [-0.05, 0) is 38.5 Å². The molecule has 132 valence electrons. The first-order valence-electron chi connectivity index (χ1n) is 8.89. The largest absolute Gasteiger partial charge is 0.337 e. The van der Waals surface area contributed by atoms with Gasteiger partial charge in [0.25, 0.3) is 0 Å². The Morgan fingerprint density at radius 1 is 1.17 bits per heavy atom. The maximum Gasteiger partial charge on any atom is 0.323 e. The van der Waals surface area contributed by atoms with Crippen molar-refractivity contribution < 1.29 is 9.59 Å². The van der Waals surface area contributed by atoms with Crippen molar-refractivity contribution in [2.45, 2.75) is 57.5 Å². The van der Waals surface area contributed by atoms with Crippen molar-refractivity contribution in [2.24, 2.45) is 7.05 Å². The van der Waals surface area contributed by atoms with Gasteiger partial charge in [-0.25, -0.2) is 4.79 Å². The summed E-state index contributed by atoms with van der Waals surface area (Å²) in [4.78, 5) is 28.5. The van der Waals surface area contributed by atoms with Gasteiger partial charge in [0, 0.05) is 45.2 Å². The van der Waals surface area contributed by atoms with Crippen LogP contribution in [0.1, 0.15) is 45.4 Å². The lowest BCUT2D eigenvalue weighted by atomic mass is 9.89. The molecule has 1 N–H and O–H groups in total. The second-order valence-corrected chi connectivity index (χ2v) is 6.85. The van der Waals surface area contributed by atoms with Crippen LogP contribution >= 0.6 is 0 Å². The Morgan fingerprint density at radius 2 is 1.88 bits per heavy atom. The van der Waals surface area contributed by atoms with E-state index in [-0.39, 0.29) is 18.0 Å². The van der Waals surface area contributed by atoms with E-state index in [0.29, 0.717) is 18.4 Å². The number of hydrogen-bond donors (Lipinski definition) is 1. The van der Waals surface area contributed by atoms with Gasteiger partial charge in [-0.2, -0.15) is 5.10 Å². The number of anilines is 1. The summed E-state index contributed by atoms with van der Waals surface area (Å²) in [5, 5.41) is 6.97. The minimum atomic E-state index is -0.0859. The fourth-order valence-electron chi connectivity index (χ4n) is 3.72. The van der Waals surface area contributed by atoms with Crippen LogP contribution < -0.4 is 5.32 Å². The lowest BCUT2D eigenvalue weighted by Gasteiger charge is -2.42. The molecule has 1 aromatic rings. The quantitative estimate of drug-likeness (QED) is 0.922. The molecule has 1 aliphatic carbocycles. The van der Waals surface area contributed by atoms with E-state index >= 15 is 0 Å². The van der Waals surface area contributed by atoms with Crippen LogP contribution in [-0.4, -0.2) is 56.7 Å². The molecule has 1 aromatic heterocycles. The standard InChI is InChI=1S/C17H27N5O2/c1-13(23)22(14-5-3-6-14)15-7-4-11-21(12-9-15)17(24)19-16-8-10-18-20(16)2/h8,10,14-15H,3-7,9,11-12H2,1-2H3,(H,19,24)/t15-/m0/s1. The zero-order valence-electron chi connectivity index (χ0n) is 14.6. The molecular weight excluding hydrogens is 306 g/mol. The Balaban J connectivity index is 1.59. The van der Waals surface area contributed by atoms with Crippen molar-refractivity contribution >= 4 is 17.8 Å². The van der Waals surface area contributed by atoms with E-state index in [2.05, 4.69) is 15.3 Å². The molecule has 1 saturated carbocycles. The highest BCUT2D eigenvalue weighted by molar-refractivity contribution is 5.88. The summed E-state index contributed by atoms with van der Waals surface area (Å²) >= 11 is 0. The second-order valence-electron chi connectivity index (χ2n) is 6.85. The fourth-order valence-corrected chi connectivity index (χ4v) is 3.72. The topological polar surface area (TPSA) is 70.5 Å². The molecule has 1 saturated heterocycles. The van der Waals surface area contributed by atoms with Gasteiger partial charge in [-0.3, -0.25) is 14.8 Å². The predicted molar refractivity (Wildman–Crippen MR) is 91.6 cm³/mol. The van der Waals surface area contributed by atoms with Gasteiger partial charge in [0.05, 0.1) is 6.20 Å². The van der Waals surface area contributed by atoms with Crippen LogP contribution in [-0.2, 0) is 11.8 Å². The summed E-state index contributed by atoms with van der Waals surface area (Å²) in [6, 6.07) is 2.38. The van der Waals surface area contributed by atoms with Gasteiger partial charge in [-0.15, -0.1) is 0 Å². The van der Waals surface area contributed by atoms with Crippen LogP contribution in [0.15, 0.2) is 12.3 Å². The van der Waals surface area contributed by atoms with Gasteiger partial charge in [0.1, 0.15) is 5.82 Å². The van der Waals surface area contributed by atoms with Crippen molar-refractivity contribution in [1.82, 2.24) is 19.6 Å². The number of carbonyl (C=O) groups excluding carboxylic acids is 2. The van der Waals surface area contributed by atoms with E-state index in [0.717, 1.165) is 38.6 Å². The number of aryl methyl sites for hydroxylation is 1. The lowest BCUT2D eigenvalue weighted by molar-refractivity contribution is -0.136. The van der Waals surface area contributed by atoms with Crippen LogP contribution in [0, 0.1) is 0 Å². The molecule has 1 atom stereocenters.